The van der Waals surface area contributed by atoms with Crippen molar-refractivity contribution < 1.29 is 4.74 Å². The zero-order valence-corrected chi connectivity index (χ0v) is 13.1. The Morgan fingerprint density at radius 2 is 1.65 bits per heavy atom. The Hall–Kier alpha value is -0.300. The Bertz CT molecular complexity index is 303. The van der Waals surface area contributed by atoms with E-state index in [1.807, 2.05) is 0 Å². The van der Waals surface area contributed by atoms with Gasteiger partial charge < -0.3 is 4.74 Å². The van der Waals surface area contributed by atoms with Crippen molar-refractivity contribution in [3.8, 4) is 0 Å². The van der Waals surface area contributed by atoms with E-state index < -0.39 is 0 Å². The van der Waals surface area contributed by atoms with Crippen LogP contribution in [-0.2, 0) is 4.74 Å². The molecule has 0 spiro atoms. The summed E-state index contributed by atoms with van der Waals surface area (Å²) in [6.45, 7) is 2.06. The molecule has 0 aromatic heterocycles. The van der Waals surface area contributed by atoms with Gasteiger partial charge in [-0.05, 0) is 55.8 Å². The molecule has 2 aliphatic carbocycles. The summed E-state index contributed by atoms with van der Waals surface area (Å²) in [7, 11) is 0. The maximum absolute atomic E-state index is 5.43. The topological polar surface area (TPSA) is 9.23 Å². The molecule has 1 heteroatoms. The Balaban J connectivity index is 1.12. The zero-order valence-electron chi connectivity index (χ0n) is 13.1. The molecular formula is C19H32O. The van der Waals surface area contributed by atoms with Crippen molar-refractivity contribution in [1.82, 2.24) is 0 Å². The highest BCUT2D eigenvalue weighted by molar-refractivity contribution is 5.09. The normalized spacial score (nSPS) is 35.2. The van der Waals surface area contributed by atoms with Crippen molar-refractivity contribution in [2.24, 2.45) is 23.7 Å². The summed E-state index contributed by atoms with van der Waals surface area (Å²) in [6, 6.07) is 0. The monoisotopic (exact) mass is 276 g/mol. The molecule has 4 atom stereocenters. The minimum atomic E-state index is 0.890. The molecule has 4 unspecified atom stereocenters. The van der Waals surface area contributed by atoms with Gasteiger partial charge in [-0.2, -0.15) is 0 Å². The molecular weight excluding hydrogens is 244 g/mol. The van der Waals surface area contributed by atoms with Crippen molar-refractivity contribution in [1.29, 1.82) is 0 Å². The molecule has 114 valence electrons. The standard InChI is InChI=1S/C19H32O/c1(3-5-7-16-11-12-20-15-16)2-4-6-8-18-13-17-9-10-19(18)14-17/h9-10,16-19H,1-8,11-15H2. The van der Waals surface area contributed by atoms with Crippen LogP contribution in [0.5, 0.6) is 0 Å². The van der Waals surface area contributed by atoms with Gasteiger partial charge >= 0.3 is 0 Å². The van der Waals surface area contributed by atoms with Crippen LogP contribution in [0.3, 0.4) is 0 Å². The molecule has 2 fully saturated rings. The summed E-state index contributed by atoms with van der Waals surface area (Å²) in [4.78, 5) is 0. The number of hydrogen-bond donors (Lipinski definition) is 0. The SMILES string of the molecule is C1=CC2CC1CC2CCCCCCCCC1CCOC1. The van der Waals surface area contributed by atoms with E-state index in [0.29, 0.717) is 0 Å². The smallest absolute Gasteiger partial charge is 0.0495 e. The average molecular weight is 276 g/mol. The van der Waals surface area contributed by atoms with Gasteiger partial charge in [0.15, 0.2) is 0 Å². The predicted octanol–water partition coefficient (Wildman–Crippen LogP) is 5.36. The van der Waals surface area contributed by atoms with Crippen LogP contribution in [0.25, 0.3) is 0 Å². The van der Waals surface area contributed by atoms with Gasteiger partial charge in [-0.1, -0.05) is 50.7 Å². The molecule has 3 aliphatic rings. The van der Waals surface area contributed by atoms with Gasteiger partial charge in [0.1, 0.15) is 0 Å². The number of rotatable bonds is 9. The van der Waals surface area contributed by atoms with Gasteiger partial charge in [0.2, 0.25) is 0 Å². The molecule has 1 saturated heterocycles. The first kappa shape index (κ1) is 14.6. The van der Waals surface area contributed by atoms with E-state index in [-0.39, 0.29) is 0 Å². The highest BCUT2D eigenvalue weighted by Gasteiger charge is 2.34. The van der Waals surface area contributed by atoms with E-state index in [9.17, 15) is 0 Å². The molecule has 2 bridgehead atoms. The highest BCUT2D eigenvalue weighted by atomic mass is 16.5. The van der Waals surface area contributed by atoms with Crippen LogP contribution in [0.1, 0.15) is 70.6 Å². The quantitative estimate of drug-likeness (QED) is 0.407. The van der Waals surface area contributed by atoms with Crippen molar-refractivity contribution in [3.63, 3.8) is 0 Å². The predicted molar refractivity (Wildman–Crippen MR) is 84.7 cm³/mol. The van der Waals surface area contributed by atoms with Gasteiger partial charge in [-0.15, -0.1) is 0 Å². The second-order valence-electron chi connectivity index (χ2n) is 7.47. The fourth-order valence-electron chi connectivity index (χ4n) is 4.58. The fraction of sp³-hybridized carbons (Fsp3) is 0.895. The van der Waals surface area contributed by atoms with Crippen molar-refractivity contribution in [3.05, 3.63) is 12.2 Å². The van der Waals surface area contributed by atoms with Gasteiger partial charge in [-0.3, -0.25) is 0 Å². The minimum absolute atomic E-state index is 0.890. The van der Waals surface area contributed by atoms with Crippen LogP contribution in [0.15, 0.2) is 12.2 Å². The van der Waals surface area contributed by atoms with Crippen LogP contribution in [-0.4, -0.2) is 13.2 Å². The van der Waals surface area contributed by atoms with Crippen LogP contribution in [0, 0.1) is 23.7 Å². The van der Waals surface area contributed by atoms with E-state index in [1.54, 1.807) is 0 Å². The Kier molecular flexibility index (Phi) is 5.59. The van der Waals surface area contributed by atoms with Gasteiger partial charge in [0, 0.05) is 13.2 Å². The maximum atomic E-state index is 5.43. The summed E-state index contributed by atoms with van der Waals surface area (Å²) in [6.07, 6.45) is 21.0. The Morgan fingerprint density at radius 1 is 0.850 bits per heavy atom. The van der Waals surface area contributed by atoms with Crippen molar-refractivity contribution in [2.75, 3.05) is 13.2 Å². The number of ether oxygens (including phenoxy) is 1. The van der Waals surface area contributed by atoms with E-state index in [1.165, 1.54) is 70.6 Å². The van der Waals surface area contributed by atoms with Crippen molar-refractivity contribution >= 4 is 0 Å². The highest BCUT2D eigenvalue weighted by Crippen LogP contribution is 2.45. The molecule has 0 aromatic carbocycles. The summed E-state index contributed by atoms with van der Waals surface area (Å²) < 4.78 is 5.43. The lowest BCUT2D eigenvalue weighted by Gasteiger charge is -2.17. The van der Waals surface area contributed by atoms with Crippen LogP contribution >= 0.6 is 0 Å². The lowest BCUT2D eigenvalue weighted by Crippen LogP contribution is -2.06. The summed E-state index contributed by atoms with van der Waals surface area (Å²) in [5.74, 6) is 3.87. The number of fused-ring (bicyclic) bond motifs is 2. The van der Waals surface area contributed by atoms with E-state index in [0.717, 1.165) is 36.9 Å². The largest absolute Gasteiger partial charge is 0.381 e. The van der Waals surface area contributed by atoms with E-state index >= 15 is 0 Å². The molecule has 3 rings (SSSR count). The summed E-state index contributed by atoms with van der Waals surface area (Å²) in [5.41, 5.74) is 0. The first-order valence-corrected chi connectivity index (χ1v) is 9.18. The first-order chi connectivity index (χ1) is 9.92. The third-order valence-corrected chi connectivity index (χ3v) is 5.88. The molecule has 0 aromatic rings. The van der Waals surface area contributed by atoms with Gasteiger partial charge in [-0.25, -0.2) is 0 Å². The molecule has 0 radical (unpaired) electrons. The second kappa shape index (κ2) is 7.64. The lowest BCUT2D eigenvalue weighted by atomic mass is 9.88. The van der Waals surface area contributed by atoms with Gasteiger partial charge in [0.25, 0.3) is 0 Å². The van der Waals surface area contributed by atoms with Crippen LogP contribution in [0.2, 0.25) is 0 Å². The number of allylic oxidation sites excluding steroid dienone is 2. The molecule has 1 nitrogen and oxygen atoms in total. The molecule has 20 heavy (non-hydrogen) atoms. The van der Waals surface area contributed by atoms with Crippen molar-refractivity contribution in [2.45, 2.75) is 70.6 Å². The average Bonchev–Trinajstić information content (AvgIpc) is 3.18. The summed E-state index contributed by atoms with van der Waals surface area (Å²) in [5, 5.41) is 0. The maximum Gasteiger partial charge on any atom is 0.0495 e. The molecule has 0 N–H and O–H groups in total. The third-order valence-electron chi connectivity index (χ3n) is 5.88. The first-order valence-electron chi connectivity index (χ1n) is 9.18. The Morgan fingerprint density at radius 3 is 2.30 bits per heavy atom. The van der Waals surface area contributed by atoms with Crippen LogP contribution in [0.4, 0.5) is 0 Å². The van der Waals surface area contributed by atoms with Gasteiger partial charge in [0.05, 0.1) is 0 Å². The number of hydrogen-bond acceptors (Lipinski definition) is 1. The summed E-state index contributed by atoms with van der Waals surface area (Å²) >= 11 is 0. The van der Waals surface area contributed by atoms with E-state index in [4.69, 9.17) is 4.74 Å². The van der Waals surface area contributed by atoms with E-state index in [2.05, 4.69) is 12.2 Å². The molecule has 1 aliphatic heterocycles. The molecule has 1 saturated carbocycles. The van der Waals surface area contributed by atoms with Crippen LogP contribution < -0.4 is 0 Å². The fourth-order valence-corrected chi connectivity index (χ4v) is 4.58. The second-order valence-corrected chi connectivity index (χ2v) is 7.47. The molecule has 0 amide bonds. The Labute approximate surface area is 125 Å². The minimum Gasteiger partial charge on any atom is -0.381 e. The zero-order chi connectivity index (χ0) is 13.6. The third kappa shape index (κ3) is 4.10. The lowest BCUT2D eigenvalue weighted by molar-refractivity contribution is 0.183. The molecule has 1 heterocycles. The number of unbranched alkanes of at least 4 members (excludes halogenated alkanes) is 5.